The zero-order valence-electron chi connectivity index (χ0n) is 17.0. The first-order chi connectivity index (χ1) is 13.1. The normalized spacial score (nSPS) is 15.9. The average Bonchev–Trinajstić information content (AvgIpc) is 2.67. The van der Waals surface area contributed by atoms with Crippen LogP contribution in [0.3, 0.4) is 0 Å². The van der Waals surface area contributed by atoms with Gasteiger partial charge in [-0.25, -0.2) is 0 Å². The third-order valence-electron chi connectivity index (χ3n) is 4.87. The summed E-state index contributed by atoms with van der Waals surface area (Å²) < 4.78 is 0. The molecule has 0 amide bonds. The number of aryl methyl sites for hydroxylation is 1. The number of hydrogen-bond donors (Lipinski definition) is 2. The van der Waals surface area contributed by atoms with E-state index in [1.165, 1.54) is 13.1 Å². The molecule has 1 aliphatic heterocycles. The maximum absolute atomic E-state index is 6.23. The van der Waals surface area contributed by atoms with Crippen molar-refractivity contribution in [1.82, 2.24) is 20.4 Å². The molecule has 1 fully saturated rings. The standard InChI is InChI=1S/C20H33Cl2N5.HI/c1-3-23-20(25-10-11-27-14-12-26(4-2)13-15-27)24-9-5-6-17-7-8-18(21)16-19(17)22;/h7-8,16H,3-6,9-15H2,1-2H3,(H2,23,24,25);1H. The summed E-state index contributed by atoms with van der Waals surface area (Å²) in [5, 5.41) is 8.19. The van der Waals surface area contributed by atoms with Crippen molar-refractivity contribution in [2.45, 2.75) is 26.7 Å². The number of rotatable bonds is 9. The quantitative estimate of drug-likeness (QED) is 0.216. The zero-order valence-corrected chi connectivity index (χ0v) is 20.9. The number of aliphatic imine (C=N–C) groups is 1. The molecule has 28 heavy (non-hydrogen) atoms. The highest BCUT2D eigenvalue weighted by Crippen LogP contribution is 2.21. The first-order valence-electron chi connectivity index (χ1n) is 10.0. The van der Waals surface area contributed by atoms with Crippen LogP contribution in [0.25, 0.3) is 0 Å². The molecule has 5 nitrogen and oxygen atoms in total. The molecule has 1 saturated heterocycles. The van der Waals surface area contributed by atoms with Gasteiger partial charge in [-0.05, 0) is 44.0 Å². The van der Waals surface area contributed by atoms with Gasteiger partial charge >= 0.3 is 0 Å². The van der Waals surface area contributed by atoms with E-state index in [1.54, 1.807) is 6.07 Å². The van der Waals surface area contributed by atoms with Gasteiger partial charge in [0, 0.05) is 62.4 Å². The number of nitrogens with one attached hydrogen (secondary N) is 2. The van der Waals surface area contributed by atoms with Crippen LogP contribution >= 0.6 is 47.2 Å². The number of likely N-dealkylation sites (N-methyl/N-ethyl adjacent to an activating group) is 1. The molecule has 0 spiro atoms. The highest BCUT2D eigenvalue weighted by molar-refractivity contribution is 14.0. The number of halogens is 3. The second kappa shape index (κ2) is 14.7. The van der Waals surface area contributed by atoms with Gasteiger partial charge in [0.1, 0.15) is 0 Å². The monoisotopic (exact) mass is 541 g/mol. The Hall–Kier alpha value is -0.280. The van der Waals surface area contributed by atoms with Crippen LogP contribution in [-0.4, -0.2) is 74.7 Å². The van der Waals surface area contributed by atoms with E-state index in [0.29, 0.717) is 5.02 Å². The molecule has 0 saturated carbocycles. The summed E-state index contributed by atoms with van der Waals surface area (Å²) in [4.78, 5) is 9.70. The van der Waals surface area contributed by atoms with Gasteiger partial charge in [-0.3, -0.25) is 9.89 Å². The molecule has 1 aromatic rings. The molecular formula is C20H34Cl2IN5. The third kappa shape index (κ3) is 9.48. The minimum Gasteiger partial charge on any atom is -0.357 e. The Morgan fingerprint density at radius 2 is 1.79 bits per heavy atom. The van der Waals surface area contributed by atoms with Crippen LogP contribution in [0.2, 0.25) is 10.0 Å². The highest BCUT2D eigenvalue weighted by atomic mass is 127. The van der Waals surface area contributed by atoms with E-state index in [-0.39, 0.29) is 24.0 Å². The van der Waals surface area contributed by atoms with E-state index in [0.717, 1.165) is 75.2 Å². The largest absolute Gasteiger partial charge is 0.357 e. The summed E-state index contributed by atoms with van der Waals surface area (Å²) in [7, 11) is 0. The first-order valence-corrected chi connectivity index (χ1v) is 10.8. The second-order valence-corrected chi connectivity index (χ2v) is 7.65. The molecule has 0 unspecified atom stereocenters. The summed E-state index contributed by atoms with van der Waals surface area (Å²) >= 11 is 12.2. The molecule has 1 heterocycles. The van der Waals surface area contributed by atoms with Crippen molar-refractivity contribution in [3.63, 3.8) is 0 Å². The lowest BCUT2D eigenvalue weighted by Crippen LogP contribution is -2.49. The summed E-state index contributed by atoms with van der Waals surface area (Å²) in [6.07, 6.45) is 1.86. The van der Waals surface area contributed by atoms with Gasteiger partial charge in [-0.15, -0.1) is 24.0 Å². The van der Waals surface area contributed by atoms with Crippen LogP contribution in [0.1, 0.15) is 25.8 Å². The molecule has 2 N–H and O–H groups in total. The minimum absolute atomic E-state index is 0. The molecule has 160 valence electrons. The van der Waals surface area contributed by atoms with Gasteiger partial charge in [0.25, 0.3) is 0 Å². The Kier molecular flexibility index (Phi) is 13.5. The summed E-state index contributed by atoms with van der Waals surface area (Å²) in [5.41, 5.74) is 1.13. The van der Waals surface area contributed by atoms with Crippen LogP contribution < -0.4 is 10.6 Å². The molecule has 1 aromatic carbocycles. The summed E-state index contributed by atoms with van der Waals surface area (Å²) in [6, 6.07) is 5.68. The Morgan fingerprint density at radius 1 is 1.07 bits per heavy atom. The smallest absolute Gasteiger partial charge is 0.191 e. The molecule has 0 aliphatic carbocycles. The topological polar surface area (TPSA) is 42.9 Å². The fourth-order valence-corrected chi connectivity index (χ4v) is 3.69. The Morgan fingerprint density at radius 3 is 2.43 bits per heavy atom. The van der Waals surface area contributed by atoms with E-state index < -0.39 is 0 Å². The van der Waals surface area contributed by atoms with Crippen molar-refractivity contribution in [2.24, 2.45) is 4.99 Å². The predicted octanol–water partition coefficient (Wildman–Crippen LogP) is 3.74. The number of guanidine groups is 1. The van der Waals surface area contributed by atoms with Gasteiger partial charge in [0.2, 0.25) is 0 Å². The molecule has 8 heteroatoms. The Labute approximate surface area is 197 Å². The number of nitrogens with zero attached hydrogens (tertiary/aromatic N) is 3. The fourth-order valence-electron chi connectivity index (χ4n) is 3.19. The molecular weight excluding hydrogens is 508 g/mol. The van der Waals surface area contributed by atoms with Crippen LogP contribution in [0, 0.1) is 0 Å². The maximum atomic E-state index is 6.23. The van der Waals surface area contributed by atoms with Gasteiger partial charge in [-0.1, -0.05) is 36.2 Å². The fraction of sp³-hybridized carbons (Fsp3) is 0.650. The lowest BCUT2D eigenvalue weighted by atomic mass is 10.1. The molecule has 0 radical (unpaired) electrons. The van der Waals surface area contributed by atoms with E-state index in [4.69, 9.17) is 23.2 Å². The first kappa shape index (κ1) is 25.8. The molecule has 0 aromatic heterocycles. The zero-order chi connectivity index (χ0) is 19.5. The summed E-state index contributed by atoms with van der Waals surface area (Å²) in [6.45, 7) is 13.8. The molecule has 0 bridgehead atoms. The van der Waals surface area contributed by atoms with Crippen molar-refractivity contribution in [1.29, 1.82) is 0 Å². The van der Waals surface area contributed by atoms with E-state index in [9.17, 15) is 0 Å². The highest BCUT2D eigenvalue weighted by Gasteiger charge is 2.14. The predicted molar refractivity (Wildman–Crippen MR) is 133 cm³/mol. The van der Waals surface area contributed by atoms with Crippen molar-refractivity contribution in [3.05, 3.63) is 33.8 Å². The number of benzene rings is 1. The summed E-state index contributed by atoms with van der Waals surface area (Å²) in [5.74, 6) is 0.895. The maximum Gasteiger partial charge on any atom is 0.191 e. The van der Waals surface area contributed by atoms with E-state index >= 15 is 0 Å². The van der Waals surface area contributed by atoms with Gasteiger partial charge in [0.05, 0.1) is 0 Å². The lowest BCUT2D eigenvalue weighted by Gasteiger charge is -2.34. The SMILES string of the molecule is CCNC(=NCCCc1ccc(Cl)cc1Cl)NCCN1CCN(CC)CC1.I. The number of hydrogen-bond acceptors (Lipinski definition) is 3. The minimum atomic E-state index is 0. The van der Waals surface area contributed by atoms with Gasteiger partial charge < -0.3 is 15.5 Å². The van der Waals surface area contributed by atoms with Crippen LogP contribution in [0.5, 0.6) is 0 Å². The van der Waals surface area contributed by atoms with E-state index in [1.807, 2.05) is 12.1 Å². The van der Waals surface area contributed by atoms with Crippen molar-refractivity contribution in [2.75, 3.05) is 58.9 Å². The third-order valence-corrected chi connectivity index (χ3v) is 5.45. The lowest BCUT2D eigenvalue weighted by molar-refractivity contribution is 0.139. The van der Waals surface area contributed by atoms with Gasteiger partial charge in [-0.2, -0.15) is 0 Å². The van der Waals surface area contributed by atoms with Crippen LogP contribution in [0.4, 0.5) is 0 Å². The van der Waals surface area contributed by atoms with Gasteiger partial charge in [0.15, 0.2) is 5.96 Å². The van der Waals surface area contributed by atoms with Crippen molar-refractivity contribution in [3.8, 4) is 0 Å². The Bertz CT molecular complexity index is 592. The molecule has 1 aliphatic rings. The second-order valence-electron chi connectivity index (χ2n) is 6.80. The van der Waals surface area contributed by atoms with Crippen molar-refractivity contribution >= 4 is 53.1 Å². The van der Waals surface area contributed by atoms with Crippen LogP contribution in [-0.2, 0) is 6.42 Å². The average molecular weight is 542 g/mol. The van der Waals surface area contributed by atoms with Crippen LogP contribution in [0.15, 0.2) is 23.2 Å². The molecule has 2 rings (SSSR count). The Balaban J connectivity index is 0.00000392. The molecule has 0 atom stereocenters. The van der Waals surface area contributed by atoms with E-state index in [2.05, 4.69) is 39.3 Å². The number of piperazine rings is 1. The van der Waals surface area contributed by atoms with Crippen molar-refractivity contribution < 1.29 is 0 Å².